The average molecular weight is 286 g/mol. The van der Waals surface area contributed by atoms with Crippen molar-refractivity contribution in [3.05, 3.63) is 23.8 Å². The van der Waals surface area contributed by atoms with Crippen molar-refractivity contribution < 1.29 is 13.5 Å². The predicted molar refractivity (Wildman–Crippen MR) is 76.3 cm³/mol. The SMILES string of the molecule is CCN(CC(C)(C)O)S(=O)(=O)c1ccc(C)c(N)c1. The number of nitrogen functional groups attached to an aromatic ring is 1. The quantitative estimate of drug-likeness (QED) is 0.801. The highest BCUT2D eigenvalue weighted by Crippen LogP contribution is 2.22. The molecule has 0 aliphatic heterocycles. The molecule has 0 aliphatic rings. The lowest BCUT2D eigenvalue weighted by Crippen LogP contribution is -2.42. The van der Waals surface area contributed by atoms with E-state index in [9.17, 15) is 13.5 Å². The summed E-state index contributed by atoms with van der Waals surface area (Å²) in [5, 5.41) is 9.80. The Morgan fingerprint density at radius 1 is 1.37 bits per heavy atom. The van der Waals surface area contributed by atoms with Crippen molar-refractivity contribution in [1.82, 2.24) is 4.31 Å². The van der Waals surface area contributed by atoms with Crippen LogP contribution in [0.2, 0.25) is 0 Å². The summed E-state index contributed by atoms with van der Waals surface area (Å²) in [6.45, 7) is 7.05. The number of benzene rings is 1. The van der Waals surface area contributed by atoms with E-state index in [-0.39, 0.29) is 11.4 Å². The molecule has 0 heterocycles. The first kappa shape index (κ1) is 15.9. The Bertz CT molecular complexity index is 547. The van der Waals surface area contributed by atoms with Gasteiger partial charge in [0.05, 0.1) is 10.5 Å². The van der Waals surface area contributed by atoms with E-state index in [1.807, 2.05) is 6.92 Å². The molecule has 0 radical (unpaired) electrons. The van der Waals surface area contributed by atoms with Crippen molar-refractivity contribution in [2.75, 3.05) is 18.8 Å². The monoisotopic (exact) mass is 286 g/mol. The van der Waals surface area contributed by atoms with Gasteiger partial charge in [-0.3, -0.25) is 0 Å². The van der Waals surface area contributed by atoms with Gasteiger partial charge in [0.25, 0.3) is 0 Å². The lowest BCUT2D eigenvalue weighted by molar-refractivity contribution is 0.0601. The summed E-state index contributed by atoms with van der Waals surface area (Å²) in [5.41, 5.74) is 5.95. The van der Waals surface area contributed by atoms with Gasteiger partial charge in [0.15, 0.2) is 0 Å². The summed E-state index contributed by atoms with van der Waals surface area (Å²) >= 11 is 0. The van der Waals surface area contributed by atoms with E-state index in [1.165, 1.54) is 16.4 Å². The Kier molecular flexibility index (Phi) is 4.60. The molecule has 0 fully saturated rings. The van der Waals surface area contributed by atoms with Crippen LogP contribution < -0.4 is 5.73 Å². The highest BCUT2D eigenvalue weighted by molar-refractivity contribution is 7.89. The van der Waals surface area contributed by atoms with E-state index in [0.29, 0.717) is 12.2 Å². The van der Waals surface area contributed by atoms with Gasteiger partial charge in [-0.15, -0.1) is 0 Å². The number of nitrogens with zero attached hydrogens (tertiary/aromatic N) is 1. The Morgan fingerprint density at radius 2 is 1.95 bits per heavy atom. The maximum Gasteiger partial charge on any atom is 0.243 e. The molecule has 0 saturated heterocycles. The number of sulfonamides is 1. The molecule has 0 aromatic heterocycles. The molecular formula is C13H22N2O3S. The van der Waals surface area contributed by atoms with E-state index in [2.05, 4.69) is 0 Å². The standard InChI is InChI=1S/C13H22N2O3S/c1-5-15(9-13(3,4)16)19(17,18)11-7-6-10(2)12(14)8-11/h6-8,16H,5,9,14H2,1-4H3. The fraction of sp³-hybridized carbons (Fsp3) is 0.538. The maximum absolute atomic E-state index is 12.5. The molecule has 1 rings (SSSR count). The van der Waals surface area contributed by atoms with Crippen molar-refractivity contribution >= 4 is 15.7 Å². The zero-order valence-corrected chi connectivity index (χ0v) is 12.7. The molecule has 0 atom stereocenters. The van der Waals surface area contributed by atoms with Gasteiger partial charge < -0.3 is 10.8 Å². The number of rotatable bonds is 5. The summed E-state index contributed by atoms with van der Waals surface area (Å²) in [5.74, 6) is 0. The molecule has 1 aromatic carbocycles. The Morgan fingerprint density at radius 3 is 2.37 bits per heavy atom. The van der Waals surface area contributed by atoms with Crippen LogP contribution in [0.4, 0.5) is 5.69 Å². The molecule has 1 aromatic rings. The molecule has 19 heavy (non-hydrogen) atoms. The van der Waals surface area contributed by atoms with Gasteiger partial charge in [0.2, 0.25) is 10.0 Å². The first-order chi connectivity index (χ1) is 8.58. The van der Waals surface area contributed by atoms with Crippen LogP contribution in [0.15, 0.2) is 23.1 Å². The van der Waals surface area contributed by atoms with Crippen LogP contribution in [0.25, 0.3) is 0 Å². The average Bonchev–Trinajstić information content (AvgIpc) is 2.28. The number of nitrogens with two attached hydrogens (primary N) is 1. The second kappa shape index (κ2) is 5.48. The molecule has 6 heteroatoms. The van der Waals surface area contributed by atoms with Crippen molar-refractivity contribution in [2.24, 2.45) is 0 Å². The van der Waals surface area contributed by atoms with Gasteiger partial charge in [0.1, 0.15) is 0 Å². The van der Waals surface area contributed by atoms with Gasteiger partial charge in [-0.1, -0.05) is 13.0 Å². The fourth-order valence-electron chi connectivity index (χ4n) is 1.73. The minimum absolute atomic E-state index is 0.0413. The molecule has 0 bridgehead atoms. The molecule has 108 valence electrons. The third-order valence-electron chi connectivity index (χ3n) is 2.80. The largest absolute Gasteiger partial charge is 0.398 e. The predicted octanol–water partition coefficient (Wildman–Crippen LogP) is 1.36. The van der Waals surface area contributed by atoms with Gasteiger partial charge in [-0.05, 0) is 38.5 Å². The third-order valence-corrected chi connectivity index (χ3v) is 4.72. The zero-order chi connectivity index (χ0) is 14.8. The van der Waals surface area contributed by atoms with Crippen LogP contribution in [0.1, 0.15) is 26.3 Å². The maximum atomic E-state index is 12.5. The lowest BCUT2D eigenvalue weighted by Gasteiger charge is -2.27. The van der Waals surface area contributed by atoms with Crippen molar-refractivity contribution in [1.29, 1.82) is 0 Å². The number of aryl methyl sites for hydroxylation is 1. The summed E-state index contributed by atoms with van der Waals surface area (Å²) in [4.78, 5) is 0.154. The molecule has 0 amide bonds. The van der Waals surface area contributed by atoms with Crippen LogP contribution >= 0.6 is 0 Å². The Labute approximate surface area is 115 Å². The van der Waals surface area contributed by atoms with Gasteiger partial charge in [0, 0.05) is 18.8 Å². The highest BCUT2D eigenvalue weighted by atomic mass is 32.2. The van der Waals surface area contributed by atoms with Gasteiger partial charge >= 0.3 is 0 Å². The van der Waals surface area contributed by atoms with E-state index in [4.69, 9.17) is 5.73 Å². The topological polar surface area (TPSA) is 83.6 Å². The number of anilines is 1. The lowest BCUT2D eigenvalue weighted by atomic mass is 10.1. The summed E-state index contributed by atoms with van der Waals surface area (Å²) in [6.07, 6.45) is 0. The van der Waals surface area contributed by atoms with Crippen molar-refractivity contribution in [3.8, 4) is 0 Å². The number of hydrogen-bond donors (Lipinski definition) is 2. The van der Waals surface area contributed by atoms with Crippen molar-refractivity contribution in [2.45, 2.75) is 38.2 Å². The second-order valence-electron chi connectivity index (χ2n) is 5.26. The van der Waals surface area contributed by atoms with Crippen molar-refractivity contribution in [3.63, 3.8) is 0 Å². The van der Waals surface area contributed by atoms with E-state index >= 15 is 0 Å². The molecule has 0 aliphatic carbocycles. The molecule has 3 N–H and O–H groups in total. The highest BCUT2D eigenvalue weighted by Gasteiger charge is 2.28. The third kappa shape index (κ3) is 3.92. The minimum Gasteiger partial charge on any atom is -0.398 e. The number of likely N-dealkylation sites (N-methyl/N-ethyl adjacent to an activating group) is 1. The van der Waals surface area contributed by atoms with Crippen LogP contribution in [0, 0.1) is 6.92 Å². The van der Waals surface area contributed by atoms with E-state index in [0.717, 1.165) is 5.56 Å². The molecule has 5 nitrogen and oxygen atoms in total. The summed E-state index contributed by atoms with van der Waals surface area (Å²) < 4.78 is 26.2. The smallest absolute Gasteiger partial charge is 0.243 e. The molecule has 0 unspecified atom stereocenters. The summed E-state index contributed by atoms with van der Waals surface area (Å²) in [6, 6.07) is 4.67. The van der Waals surface area contributed by atoms with Crippen LogP contribution in [0.3, 0.4) is 0 Å². The second-order valence-corrected chi connectivity index (χ2v) is 7.20. The van der Waals surface area contributed by atoms with Crippen LogP contribution in [-0.4, -0.2) is 36.5 Å². The van der Waals surface area contributed by atoms with Crippen LogP contribution in [-0.2, 0) is 10.0 Å². The van der Waals surface area contributed by atoms with E-state index in [1.54, 1.807) is 26.8 Å². The molecule has 0 spiro atoms. The number of hydrogen-bond acceptors (Lipinski definition) is 4. The van der Waals surface area contributed by atoms with E-state index < -0.39 is 15.6 Å². The molecular weight excluding hydrogens is 264 g/mol. The first-order valence-electron chi connectivity index (χ1n) is 6.16. The van der Waals surface area contributed by atoms with Crippen LogP contribution in [0.5, 0.6) is 0 Å². The zero-order valence-electron chi connectivity index (χ0n) is 11.8. The minimum atomic E-state index is -3.63. The molecule has 0 saturated carbocycles. The normalized spacial score (nSPS) is 12.9. The Hall–Kier alpha value is -1.11. The first-order valence-corrected chi connectivity index (χ1v) is 7.60. The fourth-order valence-corrected chi connectivity index (χ4v) is 3.37. The van der Waals surface area contributed by atoms with Gasteiger partial charge in [-0.2, -0.15) is 4.31 Å². The van der Waals surface area contributed by atoms with Gasteiger partial charge in [-0.25, -0.2) is 8.42 Å². The Balaban J connectivity index is 3.17. The summed E-state index contributed by atoms with van der Waals surface area (Å²) in [7, 11) is -3.63. The number of aliphatic hydroxyl groups is 1.